The number of pyridine rings is 1. The summed E-state index contributed by atoms with van der Waals surface area (Å²) in [5, 5.41) is 14.3. The fourth-order valence-electron chi connectivity index (χ4n) is 3.27. The van der Waals surface area contributed by atoms with Crippen LogP contribution in [-0.2, 0) is 5.41 Å². The molecule has 5 nitrogen and oxygen atoms in total. The van der Waals surface area contributed by atoms with Crippen LogP contribution in [0, 0.1) is 17.0 Å². The molecule has 1 aromatic heterocycles. The zero-order valence-corrected chi connectivity index (χ0v) is 13.0. The summed E-state index contributed by atoms with van der Waals surface area (Å²) in [6.07, 6.45) is 2.30. The number of hydrogen-bond acceptors (Lipinski definition) is 4. The van der Waals surface area contributed by atoms with Crippen LogP contribution >= 0.6 is 0 Å². The zero-order valence-electron chi connectivity index (χ0n) is 13.0. The van der Waals surface area contributed by atoms with E-state index >= 15 is 0 Å². The Morgan fingerprint density at radius 1 is 1.36 bits per heavy atom. The van der Waals surface area contributed by atoms with E-state index < -0.39 is 4.92 Å². The molecular weight excluding hydrogens is 278 g/mol. The molecule has 1 atom stereocenters. The van der Waals surface area contributed by atoms with Crippen LogP contribution < -0.4 is 5.32 Å². The van der Waals surface area contributed by atoms with Gasteiger partial charge in [-0.15, -0.1) is 0 Å². The number of aromatic nitrogens is 1. The molecule has 5 heteroatoms. The lowest BCUT2D eigenvalue weighted by Gasteiger charge is -2.19. The van der Waals surface area contributed by atoms with Gasteiger partial charge in [0.25, 0.3) is 5.69 Å². The fraction of sp³-hybridized carbons (Fsp3) is 0.353. The summed E-state index contributed by atoms with van der Waals surface area (Å²) in [7, 11) is 0. The van der Waals surface area contributed by atoms with Crippen molar-refractivity contribution >= 4 is 11.5 Å². The third kappa shape index (κ3) is 2.43. The van der Waals surface area contributed by atoms with E-state index in [0.29, 0.717) is 11.4 Å². The van der Waals surface area contributed by atoms with Gasteiger partial charge in [0, 0.05) is 5.56 Å². The maximum atomic E-state index is 10.9. The number of benzene rings is 1. The maximum absolute atomic E-state index is 10.9. The monoisotopic (exact) mass is 297 g/mol. The maximum Gasteiger partial charge on any atom is 0.290 e. The number of anilines is 1. The molecular formula is C17H19N3O2. The summed E-state index contributed by atoms with van der Waals surface area (Å²) in [6, 6.07) is 10.3. The first kappa shape index (κ1) is 14.5. The van der Waals surface area contributed by atoms with Gasteiger partial charge >= 0.3 is 0 Å². The second-order valence-electron chi connectivity index (χ2n) is 6.49. The molecule has 0 spiro atoms. The second-order valence-corrected chi connectivity index (χ2v) is 6.49. The molecule has 114 valence electrons. The predicted octanol–water partition coefficient (Wildman–Crippen LogP) is 4.13. The van der Waals surface area contributed by atoms with Crippen molar-refractivity contribution < 1.29 is 4.92 Å². The molecule has 0 radical (unpaired) electrons. The molecule has 0 aliphatic heterocycles. The van der Waals surface area contributed by atoms with Gasteiger partial charge in [0.15, 0.2) is 0 Å². The van der Waals surface area contributed by atoms with Gasteiger partial charge in [-0.25, -0.2) is 4.98 Å². The predicted molar refractivity (Wildman–Crippen MR) is 86.1 cm³/mol. The van der Waals surface area contributed by atoms with Gasteiger partial charge in [-0.1, -0.05) is 38.1 Å². The molecule has 2 aromatic rings. The molecule has 1 aliphatic rings. The van der Waals surface area contributed by atoms with Crippen molar-refractivity contribution in [2.75, 3.05) is 5.32 Å². The summed E-state index contributed by atoms with van der Waals surface area (Å²) in [4.78, 5) is 14.7. The second kappa shape index (κ2) is 5.09. The van der Waals surface area contributed by atoms with Crippen LogP contribution in [0.3, 0.4) is 0 Å². The van der Waals surface area contributed by atoms with Crippen LogP contribution in [0.25, 0.3) is 0 Å². The van der Waals surface area contributed by atoms with Crippen molar-refractivity contribution in [2.24, 2.45) is 0 Å². The molecule has 1 N–H and O–H groups in total. The quantitative estimate of drug-likeness (QED) is 0.683. The Balaban J connectivity index is 1.89. The first-order chi connectivity index (χ1) is 10.4. The highest BCUT2D eigenvalue weighted by Gasteiger charge is 2.36. The number of hydrogen-bond donors (Lipinski definition) is 1. The van der Waals surface area contributed by atoms with Crippen molar-refractivity contribution in [3.8, 4) is 0 Å². The minimum atomic E-state index is -0.403. The Bertz CT molecular complexity index is 740. The van der Waals surface area contributed by atoms with Gasteiger partial charge in [0.2, 0.25) is 0 Å². The van der Waals surface area contributed by atoms with Crippen molar-refractivity contribution in [3.63, 3.8) is 0 Å². The standard InChI is InChI=1S/C17H19N3O2/c1-11-8-16(18-10-15(11)20(21)22)19-14-9-17(2,3)13-7-5-4-6-12(13)14/h4-8,10,14H,9H2,1-3H3,(H,18,19). The molecule has 0 fully saturated rings. The molecule has 1 heterocycles. The third-order valence-electron chi connectivity index (χ3n) is 4.38. The van der Waals surface area contributed by atoms with E-state index in [2.05, 4.69) is 42.3 Å². The minimum Gasteiger partial charge on any atom is -0.363 e. The van der Waals surface area contributed by atoms with Crippen molar-refractivity contribution in [3.05, 3.63) is 63.3 Å². The number of nitrogens with one attached hydrogen (secondary N) is 1. The normalized spacial score (nSPS) is 18.8. The van der Waals surface area contributed by atoms with Crippen molar-refractivity contribution in [1.29, 1.82) is 0 Å². The van der Waals surface area contributed by atoms with E-state index in [-0.39, 0.29) is 17.1 Å². The van der Waals surface area contributed by atoms with E-state index in [1.165, 1.54) is 17.3 Å². The molecule has 0 saturated carbocycles. The molecule has 22 heavy (non-hydrogen) atoms. The average molecular weight is 297 g/mol. The fourth-order valence-corrected chi connectivity index (χ4v) is 3.27. The largest absolute Gasteiger partial charge is 0.363 e. The smallest absolute Gasteiger partial charge is 0.290 e. The summed E-state index contributed by atoms with van der Waals surface area (Å²) in [6.45, 7) is 6.21. The lowest BCUT2D eigenvalue weighted by molar-refractivity contribution is -0.385. The number of rotatable bonds is 3. The van der Waals surface area contributed by atoms with Crippen LogP contribution in [0.1, 0.15) is 43.0 Å². The molecule has 0 saturated heterocycles. The Labute approximate surface area is 129 Å². The topological polar surface area (TPSA) is 68.1 Å². The van der Waals surface area contributed by atoms with Crippen molar-refractivity contribution in [1.82, 2.24) is 4.98 Å². The van der Waals surface area contributed by atoms with E-state index in [1.807, 2.05) is 6.07 Å². The van der Waals surface area contributed by atoms with Gasteiger partial charge in [-0.05, 0) is 36.0 Å². The van der Waals surface area contributed by atoms with E-state index in [0.717, 1.165) is 6.42 Å². The SMILES string of the molecule is Cc1cc(NC2CC(C)(C)c3ccccc32)ncc1[N+](=O)[O-]. The van der Waals surface area contributed by atoms with E-state index in [9.17, 15) is 10.1 Å². The number of nitro groups is 1. The van der Waals surface area contributed by atoms with Crippen LogP contribution in [0.4, 0.5) is 11.5 Å². The van der Waals surface area contributed by atoms with Gasteiger partial charge in [-0.3, -0.25) is 10.1 Å². The first-order valence-electron chi connectivity index (χ1n) is 7.35. The minimum absolute atomic E-state index is 0.0534. The average Bonchev–Trinajstić information content (AvgIpc) is 2.70. The summed E-state index contributed by atoms with van der Waals surface area (Å²) < 4.78 is 0. The lowest BCUT2D eigenvalue weighted by atomic mass is 9.86. The number of nitrogens with zero attached hydrogens (tertiary/aromatic N) is 2. The van der Waals surface area contributed by atoms with Crippen molar-refractivity contribution in [2.45, 2.75) is 38.6 Å². The Morgan fingerprint density at radius 3 is 2.77 bits per heavy atom. The highest BCUT2D eigenvalue weighted by molar-refractivity contribution is 5.51. The van der Waals surface area contributed by atoms with E-state index in [4.69, 9.17) is 0 Å². The van der Waals surface area contributed by atoms with E-state index in [1.54, 1.807) is 13.0 Å². The molecule has 0 amide bonds. The van der Waals surface area contributed by atoms with Crippen LogP contribution in [0.15, 0.2) is 36.5 Å². The Kier molecular flexibility index (Phi) is 3.35. The molecule has 1 aromatic carbocycles. The van der Waals surface area contributed by atoms with Gasteiger partial charge in [0.1, 0.15) is 12.0 Å². The highest BCUT2D eigenvalue weighted by atomic mass is 16.6. The zero-order chi connectivity index (χ0) is 15.9. The summed E-state index contributed by atoms with van der Waals surface area (Å²) >= 11 is 0. The molecule has 1 aliphatic carbocycles. The molecule has 0 bridgehead atoms. The lowest BCUT2D eigenvalue weighted by Crippen LogP contribution is -2.15. The van der Waals surface area contributed by atoms with Crippen LogP contribution in [0.2, 0.25) is 0 Å². The number of fused-ring (bicyclic) bond motifs is 1. The Morgan fingerprint density at radius 2 is 2.09 bits per heavy atom. The third-order valence-corrected chi connectivity index (χ3v) is 4.38. The van der Waals surface area contributed by atoms with Gasteiger partial charge < -0.3 is 5.32 Å². The highest BCUT2D eigenvalue weighted by Crippen LogP contribution is 2.45. The number of aryl methyl sites for hydroxylation is 1. The molecule has 1 unspecified atom stereocenters. The Hall–Kier alpha value is -2.43. The van der Waals surface area contributed by atoms with Gasteiger partial charge in [0.05, 0.1) is 11.0 Å². The first-order valence-corrected chi connectivity index (χ1v) is 7.35. The molecule has 3 rings (SSSR count). The summed E-state index contributed by atoms with van der Waals surface area (Å²) in [5.41, 5.74) is 3.42. The van der Waals surface area contributed by atoms with Crippen LogP contribution in [0.5, 0.6) is 0 Å². The summed E-state index contributed by atoms with van der Waals surface area (Å²) in [5.74, 6) is 0.681. The van der Waals surface area contributed by atoms with Crippen LogP contribution in [-0.4, -0.2) is 9.91 Å². The van der Waals surface area contributed by atoms with Gasteiger partial charge in [-0.2, -0.15) is 0 Å².